The van der Waals surface area contributed by atoms with Gasteiger partial charge in [0.1, 0.15) is 0 Å². The Morgan fingerprint density at radius 2 is 1.72 bits per heavy atom. The molecule has 3 aromatic rings. The maximum atomic E-state index is 12.1. The largest absolute Gasteiger partial charge is 0.352 e. The van der Waals surface area contributed by atoms with Gasteiger partial charge in [-0.25, -0.2) is 9.97 Å². The molecule has 4 nitrogen and oxygen atoms in total. The van der Waals surface area contributed by atoms with Gasteiger partial charge in [-0.15, -0.1) is 0 Å². The zero-order valence-electron chi connectivity index (χ0n) is 13.2. The van der Waals surface area contributed by atoms with Crippen LogP contribution in [0.1, 0.15) is 15.9 Å². The molecular formula is C19H15Cl2N3O. The molecule has 0 spiro atoms. The number of nitrogens with zero attached hydrogens (tertiary/aromatic N) is 2. The summed E-state index contributed by atoms with van der Waals surface area (Å²) < 4.78 is 0. The first-order chi connectivity index (χ1) is 12.1. The van der Waals surface area contributed by atoms with Crippen molar-refractivity contribution >= 4 is 29.1 Å². The first-order valence-electron chi connectivity index (χ1n) is 7.73. The van der Waals surface area contributed by atoms with Gasteiger partial charge in [0.2, 0.25) is 0 Å². The van der Waals surface area contributed by atoms with Gasteiger partial charge in [-0.2, -0.15) is 0 Å². The van der Waals surface area contributed by atoms with Gasteiger partial charge in [0, 0.05) is 29.5 Å². The molecule has 0 saturated carbocycles. The van der Waals surface area contributed by atoms with Crippen LogP contribution in [0.5, 0.6) is 0 Å². The maximum Gasteiger partial charge on any atom is 0.252 e. The van der Waals surface area contributed by atoms with E-state index in [0.29, 0.717) is 34.4 Å². The molecule has 0 aliphatic heterocycles. The average molecular weight is 372 g/mol. The highest BCUT2D eigenvalue weighted by molar-refractivity contribution is 6.36. The van der Waals surface area contributed by atoms with Gasteiger partial charge < -0.3 is 5.32 Å². The molecule has 1 amide bonds. The van der Waals surface area contributed by atoms with Crippen LogP contribution in [0.3, 0.4) is 0 Å². The summed E-state index contributed by atoms with van der Waals surface area (Å²) in [6.45, 7) is 0.464. The first kappa shape index (κ1) is 17.4. The van der Waals surface area contributed by atoms with Crippen LogP contribution in [-0.2, 0) is 6.42 Å². The van der Waals surface area contributed by atoms with Crippen LogP contribution in [0.2, 0.25) is 10.0 Å². The summed E-state index contributed by atoms with van der Waals surface area (Å²) in [5.74, 6) is 0.449. The van der Waals surface area contributed by atoms with E-state index in [1.165, 1.54) is 0 Å². The van der Waals surface area contributed by atoms with Crippen molar-refractivity contribution in [2.24, 2.45) is 0 Å². The average Bonchev–Trinajstić information content (AvgIpc) is 2.63. The minimum atomic E-state index is -0.233. The van der Waals surface area contributed by atoms with Crippen molar-refractivity contribution in [3.63, 3.8) is 0 Å². The summed E-state index contributed by atoms with van der Waals surface area (Å²) in [5, 5.41) is 3.66. The lowest BCUT2D eigenvalue weighted by Crippen LogP contribution is -2.26. The highest BCUT2D eigenvalue weighted by Crippen LogP contribution is 2.20. The molecule has 6 heteroatoms. The summed E-state index contributed by atoms with van der Waals surface area (Å²) >= 11 is 11.9. The fourth-order valence-electron chi connectivity index (χ4n) is 2.31. The number of aromatic nitrogens is 2. The fourth-order valence-corrected chi connectivity index (χ4v) is 2.80. The summed E-state index contributed by atoms with van der Waals surface area (Å²) in [6.07, 6.45) is 4.18. The number of benzene rings is 2. The smallest absolute Gasteiger partial charge is 0.252 e. The second-order valence-electron chi connectivity index (χ2n) is 5.41. The number of hydrogen-bond donors (Lipinski definition) is 1. The SMILES string of the molecule is O=C(NCCc1cnc(-c2ccccc2)nc1)c1ccc(Cl)cc1Cl. The molecule has 0 fully saturated rings. The lowest BCUT2D eigenvalue weighted by molar-refractivity contribution is 0.0954. The highest BCUT2D eigenvalue weighted by Gasteiger charge is 2.10. The fraction of sp³-hybridized carbons (Fsp3) is 0.105. The Hall–Kier alpha value is -2.43. The molecule has 0 unspecified atom stereocenters. The highest BCUT2D eigenvalue weighted by atomic mass is 35.5. The third kappa shape index (κ3) is 4.56. The zero-order valence-corrected chi connectivity index (χ0v) is 14.8. The van der Waals surface area contributed by atoms with Gasteiger partial charge in [-0.3, -0.25) is 4.79 Å². The molecule has 2 aromatic carbocycles. The topological polar surface area (TPSA) is 54.9 Å². The summed E-state index contributed by atoms with van der Waals surface area (Å²) in [4.78, 5) is 20.9. The number of amides is 1. The van der Waals surface area contributed by atoms with Gasteiger partial charge in [0.15, 0.2) is 5.82 Å². The first-order valence-corrected chi connectivity index (χ1v) is 8.48. The molecule has 1 N–H and O–H groups in total. The van der Waals surface area contributed by atoms with E-state index in [2.05, 4.69) is 15.3 Å². The van der Waals surface area contributed by atoms with Crippen molar-refractivity contribution in [1.82, 2.24) is 15.3 Å². The third-order valence-corrected chi connectivity index (χ3v) is 4.16. The van der Waals surface area contributed by atoms with Crippen LogP contribution in [-0.4, -0.2) is 22.4 Å². The van der Waals surface area contributed by atoms with Crippen molar-refractivity contribution in [3.05, 3.63) is 82.1 Å². The van der Waals surface area contributed by atoms with E-state index in [0.717, 1.165) is 11.1 Å². The van der Waals surface area contributed by atoms with E-state index in [1.54, 1.807) is 30.6 Å². The van der Waals surface area contributed by atoms with Gasteiger partial charge in [-0.05, 0) is 30.2 Å². The van der Waals surface area contributed by atoms with Crippen molar-refractivity contribution in [2.75, 3.05) is 6.54 Å². The Balaban J connectivity index is 1.56. The molecular weight excluding hydrogens is 357 g/mol. The van der Waals surface area contributed by atoms with Crippen LogP contribution in [0.15, 0.2) is 60.9 Å². The molecule has 0 saturated heterocycles. The van der Waals surface area contributed by atoms with Gasteiger partial charge in [0.05, 0.1) is 10.6 Å². The zero-order chi connectivity index (χ0) is 17.6. The molecule has 1 aromatic heterocycles. The summed E-state index contributed by atoms with van der Waals surface area (Å²) in [5.41, 5.74) is 2.32. The van der Waals surface area contributed by atoms with Crippen LogP contribution >= 0.6 is 23.2 Å². The second-order valence-corrected chi connectivity index (χ2v) is 6.25. The number of rotatable bonds is 5. The Morgan fingerprint density at radius 1 is 1.00 bits per heavy atom. The monoisotopic (exact) mass is 371 g/mol. The van der Waals surface area contributed by atoms with E-state index < -0.39 is 0 Å². The molecule has 0 aliphatic carbocycles. The molecule has 0 aliphatic rings. The third-order valence-electron chi connectivity index (χ3n) is 3.61. The number of nitrogens with one attached hydrogen (secondary N) is 1. The van der Waals surface area contributed by atoms with Gasteiger partial charge >= 0.3 is 0 Å². The predicted molar refractivity (Wildman–Crippen MR) is 100.0 cm³/mol. The normalized spacial score (nSPS) is 10.5. The van der Waals surface area contributed by atoms with E-state index in [4.69, 9.17) is 23.2 Å². The van der Waals surface area contributed by atoms with Gasteiger partial charge in [0.25, 0.3) is 5.91 Å². The lowest BCUT2D eigenvalue weighted by atomic mass is 10.2. The number of halogens is 2. The van der Waals surface area contributed by atoms with Crippen LogP contribution in [0.25, 0.3) is 11.4 Å². The Kier molecular flexibility index (Phi) is 5.64. The van der Waals surface area contributed by atoms with Crippen molar-refractivity contribution in [1.29, 1.82) is 0 Å². The van der Waals surface area contributed by atoms with E-state index in [9.17, 15) is 4.79 Å². The van der Waals surface area contributed by atoms with Crippen molar-refractivity contribution in [2.45, 2.75) is 6.42 Å². The molecule has 3 rings (SSSR count). The quantitative estimate of drug-likeness (QED) is 0.721. The van der Waals surface area contributed by atoms with Crippen LogP contribution in [0, 0.1) is 0 Å². The van der Waals surface area contributed by atoms with E-state index >= 15 is 0 Å². The molecule has 0 bridgehead atoms. The summed E-state index contributed by atoms with van der Waals surface area (Å²) in [7, 11) is 0. The minimum Gasteiger partial charge on any atom is -0.352 e. The van der Waals surface area contributed by atoms with E-state index in [-0.39, 0.29) is 5.91 Å². The second kappa shape index (κ2) is 8.10. The standard InChI is InChI=1S/C19H15Cl2N3O/c20-15-6-7-16(17(21)10-15)19(25)22-9-8-13-11-23-18(24-12-13)14-4-2-1-3-5-14/h1-7,10-12H,8-9H2,(H,22,25). The van der Waals surface area contributed by atoms with Crippen LogP contribution < -0.4 is 5.32 Å². The van der Waals surface area contributed by atoms with Gasteiger partial charge in [-0.1, -0.05) is 53.5 Å². The number of carbonyl (C=O) groups excluding carboxylic acids is 1. The maximum absolute atomic E-state index is 12.1. The summed E-state index contributed by atoms with van der Waals surface area (Å²) in [6, 6.07) is 14.6. The number of carbonyl (C=O) groups is 1. The lowest BCUT2D eigenvalue weighted by Gasteiger charge is -2.07. The van der Waals surface area contributed by atoms with Crippen molar-refractivity contribution in [3.8, 4) is 11.4 Å². The van der Waals surface area contributed by atoms with Crippen LogP contribution in [0.4, 0.5) is 0 Å². The Morgan fingerprint density at radius 3 is 2.40 bits per heavy atom. The number of hydrogen-bond acceptors (Lipinski definition) is 3. The van der Waals surface area contributed by atoms with E-state index in [1.807, 2.05) is 30.3 Å². The predicted octanol–water partition coefficient (Wildman–Crippen LogP) is 4.42. The Labute approximate surface area is 155 Å². The molecule has 1 heterocycles. The molecule has 0 radical (unpaired) electrons. The molecule has 0 atom stereocenters. The Bertz CT molecular complexity index is 868. The van der Waals surface area contributed by atoms with Crippen molar-refractivity contribution < 1.29 is 4.79 Å². The molecule has 126 valence electrons. The minimum absolute atomic E-state index is 0.233. The molecule has 25 heavy (non-hydrogen) atoms.